The first-order chi connectivity index (χ1) is 6.06. The van der Waals surface area contributed by atoms with Crippen LogP contribution in [0.2, 0.25) is 0 Å². The molecule has 1 aliphatic carbocycles. The maximum atomic E-state index is 11.4. The van der Waals surface area contributed by atoms with Crippen LogP contribution < -0.4 is 5.32 Å². The van der Waals surface area contributed by atoms with Gasteiger partial charge in [0.15, 0.2) is 5.78 Å². The van der Waals surface area contributed by atoms with Crippen molar-refractivity contribution in [2.75, 3.05) is 0 Å². The zero-order chi connectivity index (χ0) is 10.0. The second-order valence-electron chi connectivity index (χ2n) is 3.87. The summed E-state index contributed by atoms with van der Waals surface area (Å²) in [5.74, 6) is 0.805. The van der Waals surface area contributed by atoms with E-state index in [9.17, 15) is 9.59 Å². The summed E-state index contributed by atoms with van der Waals surface area (Å²) in [6, 6.07) is -0.315. The number of hydrogen-bond acceptors (Lipinski definition) is 2. The summed E-state index contributed by atoms with van der Waals surface area (Å²) in [7, 11) is 0. The molecule has 13 heavy (non-hydrogen) atoms. The molecule has 0 aromatic carbocycles. The van der Waals surface area contributed by atoms with Gasteiger partial charge in [-0.3, -0.25) is 9.59 Å². The lowest BCUT2D eigenvalue weighted by atomic mass is 10.1. The average Bonchev–Trinajstić information content (AvgIpc) is 2.81. The number of rotatable bonds is 4. The Morgan fingerprint density at radius 1 is 1.54 bits per heavy atom. The predicted molar refractivity (Wildman–Crippen MR) is 50.2 cm³/mol. The van der Waals surface area contributed by atoms with Crippen molar-refractivity contribution in [1.29, 1.82) is 0 Å². The lowest BCUT2D eigenvalue weighted by Crippen LogP contribution is -2.39. The summed E-state index contributed by atoms with van der Waals surface area (Å²) < 4.78 is 0. The van der Waals surface area contributed by atoms with Gasteiger partial charge < -0.3 is 5.32 Å². The zero-order valence-electron chi connectivity index (χ0n) is 8.46. The Morgan fingerprint density at radius 3 is 2.46 bits per heavy atom. The molecule has 0 aromatic heterocycles. The van der Waals surface area contributed by atoms with Crippen molar-refractivity contribution >= 4 is 11.7 Å². The summed E-state index contributed by atoms with van der Waals surface area (Å²) in [6.07, 6.45) is 1.46. The second-order valence-corrected chi connectivity index (χ2v) is 3.87. The van der Waals surface area contributed by atoms with E-state index in [-0.39, 0.29) is 23.7 Å². The Bertz CT molecular complexity index is 225. The number of carbonyl (C=O) groups is 2. The molecular weight excluding hydrogens is 166 g/mol. The Kier molecular flexibility index (Phi) is 3.07. The monoisotopic (exact) mass is 183 g/mol. The molecule has 0 radical (unpaired) electrons. The highest BCUT2D eigenvalue weighted by molar-refractivity contribution is 5.90. The normalized spacial score (nSPS) is 27.9. The fraction of sp³-hybridized carbons (Fsp3) is 0.800. The van der Waals surface area contributed by atoms with Gasteiger partial charge in [0.1, 0.15) is 0 Å². The molecule has 1 saturated carbocycles. The van der Waals surface area contributed by atoms with E-state index in [1.165, 1.54) is 0 Å². The molecule has 1 rings (SSSR count). The first kappa shape index (κ1) is 10.2. The van der Waals surface area contributed by atoms with Gasteiger partial charge in [0.2, 0.25) is 5.91 Å². The van der Waals surface area contributed by atoms with Gasteiger partial charge in [0.25, 0.3) is 0 Å². The first-order valence-electron chi connectivity index (χ1n) is 4.89. The molecule has 1 fully saturated rings. The molecule has 3 nitrogen and oxygen atoms in total. The molecular formula is C10H17NO2. The molecule has 0 heterocycles. The van der Waals surface area contributed by atoms with Crippen LogP contribution in [-0.2, 0) is 9.59 Å². The van der Waals surface area contributed by atoms with E-state index in [1.807, 2.05) is 6.92 Å². The van der Waals surface area contributed by atoms with Gasteiger partial charge in [-0.2, -0.15) is 0 Å². The summed E-state index contributed by atoms with van der Waals surface area (Å²) in [5.41, 5.74) is 0. The predicted octanol–water partition coefficient (Wildman–Crippen LogP) is 1.13. The van der Waals surface area contributed by atoms with Gasteiger partial charge in [-0.25, -0.2) is 0 Å². The molecule has 0 spiro atoms. The van der Waals surface area contributed by atoms with E-state index in [0.29, 0.717) is 12.3 Å². The van der Waals surface area contributed by atoms with Gasteiger partial charge >= 0.3 is 0 Å². The van der Waals surface area contributed by atoms with Crippen LogP contribution in [-0.4, -0.2) is 17.7 Å². The summed E-state index contributed by atoms with van der Waals surface area (Å²) >= 11 is 0. The van der Waals surface area contributed by atoms with E-state index >= 15 is 0 Å². The standard InChI is InChI=1S/C10H17NO2/c1-4-9(12)7(3)11-10(13)8-5-6(8)2/h6-8H,4-5H2,1-3H3,(H,11,13). The highest BCUT2D eigenvalue weighted by Crippen LogP contribution is 2.37. The lowest BCUT2D eigenvalue weighted by molar-refractivity contribution is -0.128. The average molecular weight is 183 g/mol. The maximum absolute atomic E-state index is 11.4. The Balaban J connectivity index is 2.31. The van der Waals surface area contributed by atoms with Crippen molar-refractivity contribution in [3.05, 3.63) is 0 Å². The molecule has 1 aliphatic rings. The van der Waals surface area contributed by atoms with Crippen LogP contribution >= 0.6 is 0 Å². The van der Waals surface area contributed by atoms with Crippen LogP contribution in [0.5, 0.6) is 0 Å². The van der Waals surface area contributed by atoms with Crippen LogP contribution in [0.3, 0.4) is 0 Å². The van der Waals surface area contributed by atoms with Gasteiger partial charge in [0.05, 0.1) is 6.04 Å². The Labute approximate surface area is 78.9 Å². The zero-order valence-corrected chi connectivity index (χ0v) is 8.46. The van der Waals surface area contributed by atoms with Crippen molar-refractivity contribution in [1.82, 2.24) is 5.32 Å². The van der Waals surface area contributed by atoms with Gasteiger partial charge in [-0.15, -0.1) is 0 Å². The molecule has 3 atom stereocenters. The molecule has 74 valence electrons. The van der Waals surface area contributed by atoms with Crippen LogP contribution in [0.25, 0.3) is 0 Å². The molecule has 1 amide bonds. The topological polar surface area (TPSA) is 46.2 Å². The van der Waals surface area contributed by atoms with Crippen LogP contribution in [0.1, 0.15) is 33.6 Å². The summed E-state index contributed by atoms with van der Waals surface area (Å²) in [4.78, 5) is 22.5. The van der Waals surface area contributed by atoms with Crippen molar-refractivity contribution in [2.24, 2.45) is 11.8 Å². The number of hydrogen-bond donors (Lipinski definition) is 1. The van der Waals surface area contributed by atoms with Gasteiger partial charge in [-0.05, 0) is 19.3 Å². The summed E-state index contributed by atoms with van der Waals surface area (Å²) in [6.45, 7) is 5.61. The van der Waals surface area contributed by atoms with E-state index < -0.39 is 0 Å². The fourth-order valence-electron chi connectivity index (χ4n) is 1.39. The van der Waals surface area contributed by atoms with E-state index in [4.69, 9.17) is 0 Å². The fourth-order valence-corrected chi connectivity index (χ4v) is 1.39. The number of ketones is 1. The Hall–Kier alpha value is -0.860. The lowest BCUT2D eigenvalue weighted by Gasteiger charge is -2.11. The van der Waals surface area contributed by atoms with Crippen LogP contribution in [0.15, 0.2) is 0 Å². The molecule has 0 aromatic rings. The van der Waals surface area contributed by atoms with Gasteiger partial charge in [-0.1, -0.05) is 13.8 Å². The van der Waals surface area contributed by atoms with Crippen molar-refractivity contribution in [3.8, 4) is 0 Å². The molecule has 3 heteroatoms. The maximum Gasteiger partial charge on any atom is 0.223 e. The smallest absolute Gasteiger partial charge is 0.223 e. The van der Waals surface area contributed by atoms with Crippen LogP contribution in [0.4, 0.5) is 0 Å². The van der Waals surface area contributed by atoms with Crippen molar-refractivity contribution in [2.45, 2.75) is 39.7 Å². The third-order valence-electron chi connectivity index (χ3n) is 2.64. The van der Waals surface area contributed by atoms with Gasteiger partial charge in [0, 0.05) is 12.3 Å². The third-order valence-corrected chi connectivity index (χ3v) is 2.64. The van der Waals surface area contributed by atoms with Crippen molar-refractivity contribution < 1.29 is 9.59 Å². The van der Waals surface area contributed by atoms with Crippen molar-refractivity contribution in [3.63, 3.8) is 0 Å². The number of nitrogens with one attached hydrogen (secondary N) is 1. The Morgan fingerprint density at radius 2 is 2.08 bits per heavy atom. The minimum Gasteiger partial charge on any atom is -0.346 e. The van der Waals surface area contributed by atoms with Crippen LogP contribution in [0, 0.1) is 11.8 Å². The number of amides is 1. The largest absolute Gasteiger partial charge is 0.346 e. The van der Waals surface area contributed by atoms with E-state index in [0.717, 1.165) is 6.42 Å². The first-order valence-corrected chi connectivity index (χ1v) is 4.89. The molecule has 0 bridgehead atoms. The number of Topliss-reactive ketones (excluding diaryl/α,β-unsaturated/α-hetero) is 1. The van der Waals surface area contributed by atoms with E-state index in [2.05, 4.69) is 12.2 Å². The molecule has 0 aliphatic heterocycles. The minimum atomic E-state index is -0.315. The highest BCUT2D eigenvalue weighted by atomic mass is 16.2. The highest BCUT2D eigenvalue weighted by Gasteiger charge is 2.39. The molecule has 1 N–H and O–H groups in total. The third kappa shape index (κ3) is 2.54. The second kappa shape index (κ2) is 3.90. The molecule has 0 saturated heterocycles. The molecule has 3 unspecified atom stereocenters. The quantitative estimate of drug-likeness (QED) is 0.710. The van der Waals surface area contributed by atoms with E-state index in [1.54, 1.807) is 6.92 Å². The SMILES string of the molecule is CCC(=O)C(C)NC(=O)C1CC1C. The number of carbonyl (C=O) groups excluding carboxylic acids is 2. The summed E-state index contributed by atoms with van der Waals surface area (Å²) in [5, 5.41) is 2.73. The minimum absolute atomic E-state index is 0.0433.